The third kappa shape index (κ3) is 1.98. The molecule has 2 aliphatic rings. The quantitative estimate of drug-likeness (QED) is 0.417. The summed E-state index contributed by atoms with van der Waals surface area (Å²) in [4.78, 5) is 4.97. The molecule has 17 heavy (non-hydrogen) atoms. The van der Waals surface area contributed by atoms with E-state index in [9.17, 15) is 5.26 Å². The van der Waals surface area contributed by atoms with Crippen LogP contribution in [-0.4, -0.2) is 10.9 Å². The van der Waals surface area contributed by atoms with Crippen molar-refractivity contribution in [3.8, 4) is 0 Å². The molecule has 1 fully saturated rings. The van der Waals surface area contributed by atoms with Crippen LogP contribution in [0.3, 0.4) is 0 Å². The molecule has 2 heteroatoms. The first kappa shape index (κ1) is 12.8. The van der Waals surface area contributed by atoms with Gasteiger partial charge >= 0.3 is 0 Å². The molecular formula is C15H24O2. The maximum atomic E-state index is 9.46. The van der Waals surface area contributed by atoms with Crippen molar-refractivity contribution in [1.82, 2.24) is 0 Å². The van der Waals surface area contributed by atoms with Crippen LogP contribution in [-0.2, 0) is 4.89 Å². The van der Waals surface area contributed by atoms with E-state index in [1.165, 1.54) is 12.0 Å². The van der Waals surface area contributed by atoms with Crippen LogP contribution < -0.4 is 0 Å². The van der Waals surface area contributed by atoms with E-state index in [1.54, 1.807) is 0 Å². The molecule has 0 aromatic carbocycles. The summed E-state index contributed by atoms with van der Waals surface area (Å²) in [5, 5.41) is 9.46. The summed E-state index contributed by atoms with van der Waals surface area (Å²) >= 11 is 0. The van der Waals surface area contributed by atoms with Gasteiger partial charge in [-0.25, -0.2) is 4.89 Å². The number of fused-ring (bicyclic) bond motifs is 1. The summed E-state index contributed by atoms with van der Waals surface area (Å²) in [6, 6.07) is 0. The van der Waals surface area contributed by atoms with Crippen molar-refractivity contribution in [2.45, 2.75) is 58.5 Å². The molecule has 2 aliphatic carbocycles. The first-order chi connectivity index (χ1) is 7.92. The number of hydrogen-bond donors (Lipinski definition) is 1. The zero-order valence-electron chi connectivity index (χ0n) is 11.3. The van der Waals surface area contributed by atoms with Gasteiger partial charge in [0.25, 0.3) is 0 Å². The maximum Gasteiger partial charge on any atom is 0.146 e. The lowest BCUT2D eigenvalue weighted by molar-refractivity contribution is -0.303. The van der Waals surface area contributed by atoms with Gasteiger partial charge in [-0.05, 0) is 54.6 Å². The van der Waals surface area contributed by atoms with E-state index in [4.69, 9.17) is 4.89 Å². The average molecular weight is 236 g/mol. The molecule has 0 aromatic heterocycles. The van der Waals surface area contributed by atoms with Crippen LogP contribution >= 0.6 is 0 Å². The van der Waals surface area contributed by atoms with Gasteiger partial charge in [0.2, 0.25) is 0 Å². The zero-order valence-corrected chi connectivity index (χ0v) is 11.3. The highest BCUT2D eigenvalue weighted by molar-refractivity contribution is 5.43. The second-order valence-corrected chi connectivity index (χ2v) is 6.41. The average Bonchev–Trinajstić information content (AvgIpc) is 2.61. The predicted octanol–water partition coefficient (Wildman–Crippen LogP) is 4.34. The Kier molecular flexibility index (Phi) is 3.21. The Hall–Kier alpha value is -0.600. The standard InChI is InChI=1S/C15H24O2/c1-11-7-9-14(3,4)13-6-5-12(2)15(13,17-16)10-8-11/h6,11,16H,2,5,7-10H2,1,3-4H3. The topological polar surface area (TPSA) is 29.5 Å². The minimum atomic E-state index is -0.599. The van der Waals surface area contributed by atoms with Crippen molar-refractivity contribution in [2.75, 3.05) is 0 Å². The molecule has 1 N–H and O–H groups in total. The zero-order chi connectivity index (χ0) is 12.7. The SMILES string of the molecule is C=C1CC=C2C(C)(C)CCC(C)CCC12OO. The normalized spacial score (nSPS) is 37.1. The van der Waals surface area contributed by atoms with Crippen LogP contribution in [0.25, 0.3) is 0 Å². The van der Waals surface area contributed by atoms with Crippen molar-refractivity contribution >= 4 is 0 Å². The highest BCUT2D eigenvalue weighted by atomic mass is 17.1. The maximum absolute atomic E-state index is 9.46. The van der Waals surface area contributed by atoms with Gasteiger partial charge in [0, 0.05) is 0 Å². The van der Waals surface area contributed by atoms with Gasteiger partial charge < -0.3 is 0 Å². The van der Waals surface area contributed by atoms with Crippen LogP contribution in [0.5, 0.6) is 0 Å². The third-order valence-corrected chi connectivity index (χ3v) is 4.70. The predicted molar refractivity (Wildman–Crippen MR) is 69.7 cm³/mol. The van der Waals surface area contributed by atoms with Gasteiger partial charge in [0.15, 0.2) is 0 Å². The summed E-state index contributed by atoms with van der Waals surface area (Å²) in [5.41, 5.74) is 1.75. The summed E-state index contributed by atoms with van der Waals surface area (Å²) in [7, 11) is 0. The van der Waals surface area contributed by atoms with Gasteiger partial charge in [0.1, 0.15) is 5.60 Å². The molecule has 96 valence electrons. The summed E-state index contributed by atoms with van der Waals surface area (Å²) in [6.07, 6.45) is 7.41. The van der Waals surface area contributed by atoms with Crippen LogP contribution in [0.1, 0.15) is 52.9 Å². The van der Waals surface area contributed by atoms with E-state index in [1.807, 2.05) is 0 Å². The lowest BCUT2D eigenvalue weighted by Gasteiger charge is -2.42. The van der Waals surface area contributed by atoms with Gasteiger partial charge in [-0.15, -0.1) is 0 Å². The Balaban J connectivity index is 2.41. The minimum absolute atomic E-state index is 0.0941. The minimum Gasteiger partial charge on any atom is -0.251 e. The first-order valence-electron chi connectivity index (χ1n) is 6.64. The Morgan fingerprint density at radius 3 is 2.65 bits per heavy atom. The fourth-order valence-corrected chi connectivity index (χ4v) is 3.38. The molecule has 0 spiro atoms. The van der Waals surface area contributed by atoms with Gasteiger partial charge in [-0.1, -0.05) is 33.4 Å². The lowest BCUT2D eigenvalue weighted by Crippen LogP contribution is -2.40. The Morgan fingerprint density at radius 1 is 1.35 bits per heavy atom. The van der Waals surface area contributed by atoms with Crippen molar-refractivity contribution in [2.24, 2.45) is 11.3 Å². The summed E-state index contributed by atoms with van der Waals surface area (Å²) < 4.78 is 0. The molecule has 0 bridgehead atoms. The second-order valence-electron chi connectivity index (χ2n) is 6.41. The number of rotatable bonds is 1. The molecule has 2 rings (SSSR count). The van der Waals surface area contributed by atoms with E-state index in [-0.39, 0.29) is 5.41 Å². The molecule has 0 aromatic rings. The molecule has 0 amide bonds. The van der Waals surface area contributed by atoms with Crippen LogP contribution in [0.4, 0.5) is 0 Å². The Bertz CT molecular complexity index is 354. The Labute approximate surface area is 104 Å². The number of allylic oxidation sites excluding steroid dienone is 1. The third-order valence-electron chi connectivity index (χ3n) is 4.70. The summed E-state index contributed by atoms with van der Waals surface area (Å²) in [6.45, 7) is 10.9. The highest BCUT2D eigenvalue weighted by Gasteiger charge is 2.48. The van der Waals surface area contributed by atoms with Crippen LogP contribution in [0.2, 0.25) is 0 Å². The summed E-state index contributed by atoms with van der Waals surface area (Å²) in [5.74, 6) is 0.691. The van der Waals surface area contributed by atoms with E-state index in [2.05, 4.69) is 33.4 Å². The largest absolute Gasteiger partial charge is 0.251 e. The van der Waals surface area contributed by atoms with Crippen molar-refractivity contribution < 1.29 is 10.1 Å². The van der Waals surface area contributed by atoms with E-state index in [0.29, 0.717) is 5.92 Å². The molecule has 2 nitrogen and oxygen atoms in total. The van der Waals surface area contributed by atoms with E-state index >= 15 is 0 Å². The molecular weight excluding hydrogens is 212 g/mol. The van der Waals surface area contributed by atoms with E-state index < -0.39 is 5.60 Å². The monoisotopic (exact) mass is 236 g/mol. The van der Waals surface area contributed by atoms with Crippen molar-refractivity contribution in [3.63, 3.8) is 0 Å². The van der Waals surface area contributed by atoms with Crippen LogP contribution in [0, 0.1) is 11.3 Å². The molecule has 0 radical (unpaired) electrons. The fraction of sp³-hybridized carbons (Fsp3) is 0.733. The molecule has 0 heterocycles. The van der Waals surface area contributed by atoms with Crippen LogP contribution in [0.15, 0.2) is 23.8 Å². The van der Waals surface area contributed by atoms with Crippen molar-refractivity contribution in [1.29, 1.82) is 0 Å². The fourth-order valence-electron chi connectivity index (χ4n) is 3.38. The molecule has 2 atom stereocenters. The second kappa shape index (κ2) is 4.25. The Morgan fingerprint density at radius 2 is 2.00 bits per heavy atom. The highest BCUT2D eigenvalue weighted by Crippen LogP contribution is 2.52. The molecule has 1 saturated carbocycles. The van der Waals surface area contributed by atoms with Crippen molar-refractivity contribution in [3.05, 3.63) is 23.8 Å². The molecule has 0 saturated heterocycles. The van der Waals surface area contributed by atoms with Gasteiger partial charge in [-0.2, -0.15) is 0 Å². The molecule has 2 unspecified atom stereocenters. The van der Waals surface area contributed by atoms with Gasteiger partial charge in [0.05, 0.1) is 0 Å². The van der Waals surface area contributed by atoms with E-state index in [0.717, 1.165) is 31.3 Å². The smallest absolute Gasteiger partial charge is 0.146 e. The number of hydrogen-bond acceptors (Lipinski definition) is 2. The molecule has 0 aliphatic heterocycles. The first-order valence-corrected chi connectivity index (χ1v) is 6.64. The lowest BCUT2D eigenvalue weighted by atomic mass is 9.67. The van der Waals surface area contributed by atoms with Gasteiger partial charge in [-0.3, -0.25) is 5.26 Å².